The summed E-state index contributed by atoms with van der Waals surface area (Å²) >= 11 is 0. The minimum Gasteiger partial charge on any atom is -0.396 e. The molecule has 6 nitrogen and oxygen atoms in total. The summed E-state index contributed by atoms with van der Waals surface area (Å²) in [6.45, 7) is 6.87. The minimum absolute atomic E-state index is 0.0672. The van der Waals surface area contributed by atoms with Crippen molar-refractivity contribution in [3.8, 4) is 0 Å². The van der Waals surface area contributed by atoms with Crippen molar-refractivity contribution < 1.29 is 4.79 Å². The zero-order valence-electron chi connectivity index (χ0n) is 14.1. The molecule has 23 heavy (non-hydrogen) atoms. The lowest BCUT2D eigenvalue weighted by Crippen LogP contribution is -2.53. The van der Waals surface area contributed by atoms with Crippen LogP contribution < -0.4 is 11.6 Å². The first-order valence-electron chi connectivity index (χ1n) is 8.14. The Kier molecular flexibility index (Phi) is 5.60. The molecule has 126 valence electrons. The first-order valence-corrected chi connectivity index (χ1v) is 8.14. The summed E-state index contributed by atoms with van der Waals surface area (Å²) in [5.41, 5.74) is 7.16. The number of pyridine rings is 1. The summed E-state index contributed by atoms with van der Waals surface area (Å²) in [6, 6.07) is 5.34. The number of amides is 1. The van der Waals surface area contributed by atoms with E-state index in [1.54, 1.807) is 12.4 Å². The highest BCUT2D eigenvalue weighted by molar-refractivity contribution is 5.83. The van der Waals surface area contributed by atoms with Gasteiger partial charge in [-0.15, -0.1) is 0 Å². The van der Waals surface area contributed by atoms with E-state index in [9.17, 15) is 4.79 Å². The molecular formula is C17H27N5O. The van der Waals surface area contributed by atoms with Gasteiger partial charge in [0, 0.05) is 25.0 Å². The lowest BCUT2D eigenvalue weighted by molar-refractivity contribution is -0.138. The number of hydrogen-bond acceptors (Lipinski definition) is 5. The van der Waals surface area contributed by atoms with E-state index in [1.807, 2.05) is 36.9 Å². The third-order valence-corrected chi connectivity index (χ3v) is 4.29. The fourth-order valence-electron chi connectivity index (χ4n) is 3.03. The van der Waals surface area contributed by atoms with Crippen LogP contribution in [0.2, 0.25) is 0 Å². The number of hydrogen-bond donors (Lipinski definition) is 2. The van der Waals surface area contributed by atoms with E-state index in [-0.39, 0.29) is 17.9 Å². The fourth-order valence-corrected chi connectivity index (χ4v) is 3.03. The molecule has 1 saturated heterocycles. The maximum Gasteiger partial charge on any atom is 0.247 e. The van der Waals surface area contributed by atoms with E-state index in [1.165, 1.54) is 5.01 Å². The Morgan fingerprint density at radius 3 is 2.74 bits per heavy atom. The van der Waals surface area contributed by atoms with Crippen LogP contribution in [-0.4, -0.2) is 39.4 Å². The van der Waals surface area contributed by atoms with Gasteiger partial charge in [-0.05, 0) is 37.8 Å². The van der Waals surface area contributed by atoms with E-state index >= 15 is 0 Å². The number of hydrazine groups is 1. The zero-order valence-corrected chi connectivity index (χ0v) is 14.1. The highest BCUT2D eigenvalue weighted by atomic mass is 16.2. The van der Waals surface area contributed by atoms with E-state index in [4.69, 9.17) is 11.6 Å². The molecule has 2 unspecified atom stereocenters. The lowest BCUT2D eigenvalue weighted by Gasteiger charge is -2.34. The smallest absolute Gasteiger partial charge is 0.247 e. The summed E-state index contributed by atoms with van der Waals surface area (Å²) < 4.78 is 0. The second kappa shape index (κ2) is 7.46. The molecule has 1 aliphatic heterocycles. The molecule has 0 radical (unpaired) electrons. The number of rotatable bonds is 5. The molecule has 0 aliphatic carbocycles. The number of nitrogens with zero attached hydrogens (tertiary/aromatic N) is 3. The Hall–Kier alpha value is -2.08. The van der Waals surface area contributed by atoms with Gasteiger partial charge in [-0.1, -0.05) is 19.9 Å². The molecule has 0 aromatic carbocycles. The standard InChI is InChI=1S/C17H27N5O/c1-12(2)16(17(23)21-10-6-7-13(21)3)22(19)11-14(18)15-8-4-5-9-20-15/h4-5,8-9,11-13,16H,6-7,10,18-19H2,1-3H3/b14-11-. The number of likely N-dealkylation sites (tertiary alicyclic amines) is 1. The largest absolute Gasteiger partial charge is 0.396 e. The summed E-state index contributed by atoms with van der Waals surface area (Å²) in [5, 5.41) is 1.43. The van der Waals surface area contributed by atoms with Crippen molar-refractivity contribution in [2.45, 2.75) is 45.7 Å². The molecule has 0 saturated carbocycles. The first-order chi connectivity index (χ1) is 10.9. The van der Waals surface area contributed by atoms with Gasteiger partial charge in [0.15, 0.2) is 0 Å². The molecule has 1 aliphatic rings. The topological polar surface area (TPSA) is 88.5 Å². The molecule has 1 amide bonds. The van der Waals surface area contributed by atoms with Gasteiger partial charge in [-0.2, -0.15) is 0 Å². The van der Waals surface area contributed by atoms with Crippen molar-refractivity contribution in [1.82, 2.24) is 14.9 Å². The fraction of sp³-hybridized carbons (Fsp3) is 0.529. The van der Waals surface area contributed by atoms with Crippen LogP contribution in [0.4, 0.5) is 0 Å². The van der Waals surface area contributed by atoms with Crippen LogP contribution in [0.5, 0.6) is 0 Å². The molecule has 0 bridgehead atoms. The van der Waals surface area contributed by atoms with E-state index in [0.29, 0.717) is 11.4 Å². The summed E-state index contributed by atoms with van der Waals surface area (Å²) in [4.78, 5) is 19.0. The monoisotopic (exact) mass is 317 g/mol. The molecule has 4 N–H and O–H groups in total. The molecule has 1 aromatic heterocycles. The molecule has 2 heterocycles. The van der Waals surface area contributed by atoms with E-state index < -0.39 is 6.04 Å². The van der Waals surface area contributed by atoms with E-state index in [2.05, 4.69) is 11.9 Å². The Labute approximate surface area is 138 Å². The van der Waals surface area contributed by atoms with Crippen LogP contribution >= 0.6 is 0 Å². The van der Waals surface area contributed by atoms with Gasteiger partial charge >= 0.3 is 0 Å². The zero-order chi connectivity index (χ0) is 17.0. The Balaban J connectivity index is 2.18. The first kappa shape index (κ1) is 17.3. The van der Waals surface area contributed by atoms with Crippen LogP contribution in [-0.2, 0) is 4.79 Å². The van der Waals surface area contributed by atoms with Gasteiger partial charge in [0.05, 0.1) is 11.4 Å². The third-order valence-electron chi connectivity index (χ3n) is 4.29. The van der Waals surface area contributed by atoms with Gasteiger partial charge in [-0.25, -0.2) is 5.84 Å². The van der Waals surface area contributed by atoms with Crippen molar-refractivity contribution in [3.63, 3.8) is 0 Å². The van der Waals surface area contributed by atoms with Crippen molar-refractivity contribution in [3.05, 3.63) is 36.3 Å². The maximum absolute atomic E-state index is 12.9. The number of carbonyl (C=O) groups excluding carboxylic acids is 1. The molecule has 2 rings (SSSR count). The predicted molar refractivity (Wildman–Crippen MR) is 91.5 cm³/mol. The summed E-state index contributed by atoms with van der Waals surface area (Å²) in [6.07, 6.45) is 5.38. The molecule has 6 heteroatoms. The number of nitrogens with two attached hydrogens (primary N) is 2. The Morgan fingerprint density at radius 1 is 1.48 bits per heavy atom. The van der Waals surface area contributed by atoms with Crippen molar-refractivity contribution in [2.24, 2.45) is 17.5 Å². The maximum atomic E-state index is 12.9. The van der Waals surface area contributed by atoms with Crippen LogP contribution in [0.3, 0.4) is 0 Å². The predicted octanol–water partition coefficient (Wildman–Crippen LogP) is 1.55. The lowest BCUT2D eigenvalue weighted by atomic mass is 10.0. The SMILES string of the molecule is CC(C)C(C(=O)N1CCCC1C)N(N)/C=C(\N)c1ccccn1. The number of aromatic nitrogens is 1. The van der Waals surface area contributed by atoms with Gasteiger partial charge < -0.3 is 15.6 Å². The molecular weight excluding hydrogens is 290 g/mol. The van der Waals surface area contributed by atoms with Gasteiger partial charge in [-0.3, -0.25) is 9.78 Å². The van der Waals surface area contributed by atoms with Gasteiger partial charge in [0.25, 0.3) is 0 Å². The van der Waals surface area contributed by atoms with Gasteiger partial charge in [0.1, 0.15) is 6.04 Å². The average molecular weight is 317 g/mol. The Morgan fingerprint density at radius 2 is 2.22 bits per heavy atom. The van der Waals surface area contributed by atoms with Crippen LogP contribution in [0.1, 0.15) is 39.3 Å². The second-order valence-electron chi connectivity index (χ2n) is 6.46. The highest BCUT2D eigenvalue weighted by Gasteiger charge is 2.34. The highest BCUT2D eigenvalue weighted by Crippen LogP contribution is 2.21. The number of carbonyl (C=O) groups is 1. The normalized spacial score (nSPS) is 20.0. The average Bonchev–Trinajstić information content (AvgIpc) is 2.94. The summed E-state index contributed by atoms with van der Waals surface area (Å²) in [5.74, 6) is 6.32. The van der Waals surface area contributed by atoms with Crippen molar-refractivity contribution in [2.75, 3.05) is 6.54 Å². The quantitative estimate of drug-likeness (QED) is 0.635. The van der Waals surface area contributed by atoms with Crippen molar-refractivity contribution in [1.29, 1.82) is 0 Å². The van der Waals surface area contributed by atoms with E-state index in [0.717, 1.165) is 19.4 Å². The molecule has 1 aromatic rings. The Bertz CT molecular complexity index is 557. The minimum atomic E-state index is -0.433. The molecule has 2 atom stereocenters. The van der Waals surface area contributed by atoms with Gasteiger partial charge in [0.2, 0.25) is 5.91 Å². The second-order valence-corrected chi connectivity index (χ2v) is 6.46. The van der Waals surface area contributed by atoms with Crippen LogP contribution in [0, 0.1) is 5.92 Å². The third kappa shape index (κ3) is 4.01. The van der Waals surface area contributed by atoms with Crippen LogP contribution in [0.15, 0.2) is 30.6 Å². The molecule has 0 spiro atoms. The van der Waals surface area contributed by atoms with Crippen molar-refractivity contribution >= 4 is 11.6 Å². The molecule has 1 fully saturated rings. The summed E-state index contributed by atoms with van der Waals surface area (Å²) in [7, 11) is 0. The van der Waals surface area contributed by atoms with Crippen LogP contribution in [0.25, 0.3) is 5.70 Å².